The summed E-state index contributed by atoms with van der Waals surface area (Å²) in [6.45, 7) is 3.23. The Morgan fingerprint density at radius 1 is 1.10 bits per heavy atom. The second-order valence-electron chi connectivity index (χ2n) is 7.51. The molecule has 1 fully saturated rings. The Kier molecular flexibility index (Phi) is 6.13. The molecule has 29 heavy (non-hydrogen) atoms. The fourth-order valence-corrected chi connectivity index (χ4v) is 4.87. The highest BCUT2D eigenvalue weighted by Gasteiger charge is 2.39. The molecule has 5 nitrogen and oxygen atoms in total. The molecule has 0 radical (unpaired) electrons. The lowest BCUT2D eigenvalue weighted by Crippen LogP contribution is -2.43. The number of aliphatic hydroxyl groups excluding tert-OH is 1. The first-order valence-corrected chi connectivity index (χ1v) is 10.9. The van der Waals surface area contributed by atoms with Gasteiger partial charge in [-0.3, -0.25) is 4.90 Å². The summed E-state index contributed by atoms with van der Waals surface area (Å²) in [5, 5.41) is 11.7. The van der Waals surface area contributed by atoms with Crippen LogP contribution in [-0.2, 0) is 12.0 Å². The molecule has 3 N–H and O–H groups in total. The molecule has 152 valence electrons. The van der Waals surface area contributed by atoms with E-state index < -0.39 is 0 Å². The highest BCUT2D eigenvalue weighted by atomic mass is 32.1. The van der Waals surface area contributed by atoms with Gasteiger partial charge in [0.15, 0.2) is 5.13 Å². The predicted molar refractivity (Wildman–Crippen MR) is 117 cm³/mol. The zero-order chi connectivity index (χ0) is 20.1. The molecule has 6 heteroatoms. The quantitative estimate of drug-likeness (QED) is 0.623. The van der Waals surface area contributed by atoms with Crippen molar-refractivity contribution in [3.05, 3.63) is 76.8 Å². The minimum Gasteiger partial charge on any atom is -0.491 e. The van der Waals surface area contributed by atoms with Gasteiger partial charge >= 0.3 is 0 Å². The number of anilines is 1. The van der Waals surface area contributed by atoms with E-state index in [0.29, 0.717) is 11.7 Å². The number of ether oxygens (including phenoxy) is 1. The summed E-state index contributed by atoms with van der Waals surface area (Å²) in [7, 11) is 0. The van der Waals surface area contributed by atoms with Crippen LogP contribution in [0.25, 0.3) is 0 Å². The van der Waals surface area contributed by atoms with E-state index in [1.807, 2.05) is 12.1 Å². The molecule has 2 aromatic carbocycles. The fourth-order valence-electron chi connectivity index (χ4n) is 4.21. The van der Waals surface area contributed by atoms with Gasteiger partial charge in [0.25, 0.3) is 0 Å². The van der Waals surface area contributed by atoms with E-state index >= 15 is 0 Å². The van der Waals surface area contributed by atoms with Crippen LogP contribution < -0.4 is 10.5 Å². The number of thiazole rings is 1. The fraction of sp³-hybridized carbons (Fsp3) is 0.348. The number of rotatable bonds is 7. The number of hydrogen-bond acceptors (Lipinski definition) is 6. The van der Waals surface area contributed by atoms with Crippen LogP contribution in [0.15, 0.2) is 60.0 Å². The molecule has 0 bridgehead atoms. The van der Waals surface area contributed by atoms with Gasteiger partial charge in [-0.2, -0.15) is 0 Å². The van der Waals surface area contributed by atoms with E-state index in [0.717, 1.165) is 43.9 Å². The summed E-state index contributed by atoms with van der Waals surface area (Å²) >= 11 is 1.52. The van der Waals surface area contributed by atoms with Crippen molar-refractivity contribution in [3.63, 3.8) is 0 Å². The van der Waals surface area contributed by atoms with Crippen molar-refractivity contribution in [1.29, 1.82) is 0 Å². The number of aliphatic hydroxyl groups is 1. The Labute approximate surface area is 175 Å². The molecular formula is C23H27N3O2S. The standard InChI is InChI=1S/C23H27N3O2S/c24-22-25-21(17-29-22)23(19-6-2-1-3-7-19)9-11-26(12-10-23)16-18-5-4-8-20(15-18)28-14-13-27/h1-8,15,17,27H,9-14,16H2,(H2,24,25). The van der Waals surface area contributed by atoms with Crippen LogP contribution in [-0.4, -0.2) is 41.3 Å². The summed E-state index contributed by atoms with van der Waals surface area (Å²) in [6.07, 6.45) is 2.03. The van der Waals surface area contributed by atoms with E-state index in [4.69, 9.17) is 15.6 Å². The Morgan fingerprint density at radius 2 is 1.90 bits per heavy atom. The Balaban J connectivity index is 1.49. The zero-order valence-electron chi connectivity index (χ0n) is 16.5. The molecule has 1 aromatic heterocycles. The van der Waals surface area contributed by atoms with Gasteiger partial charge in [0.1, 0.15) is 12.4 Å². The molecule has 1 aliphatic heterocycles. The monoisotopic (exact) mass is 409 g/mol. The van der Waals surface area contributed by atoms with Crippen molar-refractivity contribution < 1.29 is 9.84 Å². The molecule has 4 rings (SSSR count). The molecule has 2 heterocycles. The Hall–Kier alpha value is -2.41. The van der Waals surface area contributed by atoms with Gasteiger partial charge in [-0.15, -0.1) is 11.3 Å². The number of hydrogen-bond donors (Lipinski definition) is 2. The molecule has 0 spiro atoms. The zero-order valence-corrected chi connectivity index (χ0v) is 17.3. The van der Waals surface area contributed by atoms with Crippen LogP contribution in [0, 0.1) is 0 Å². The van der Waals surface area contributed by atoms with Crippen molar-refractivity contribution in [2.24, 2.45) is 0 Å². The topological polar surface area (TPSA) is 71.6 Å². The Morgan fingerprint density at radius 3 is 2.59 bits per heavy atom. The van der Waals surface area contributed by atoms with Crippen LogP contribution in [0.3, 0.4) is 0 Å². The first-order valence-electron chi connectivity index (χ1n) is 10.0. The number of nitrogen functional groups attached to an aromatic ring is 1. The van der Waals surface area contributed by atoms with Crippen LogP contribution in [0.4, 0.5) is 5.13 Å². The Bertz CT molecular complexity index is 921. The van der Waals surface area contributed by atoms with Crippen molar-refractivity contribution in [2.75, 3.05) is 32.0 Å². The SMILES string of the molecule is Nc1nc(C2(c3ccccc3)CCN(Cc3cccc(OCCO)c3)CC2)cs1. The largest absolute Gasteiger partial charge is 0.491 e. The van der Waals surface area contributed by atoms with Crippen molar-refractivity contribution in [2.45, 2.75) is 24.8 Å². The van der Waals surface area contributed by atoms with Gasteiger partial charge in [-0.05, 0) is 49.2 Å². The minimum atomic E-state index is -0.0715. The average molecular weight is 410 g/mol. The maximum atomic E-state index is 8.95. The summed E-state index contributed by atoms with van der Waals surface area (Å²) in [6, 6.07) is 18.9. The van der Waals surface area contributed by atoms with E-state index in [9.17, 15) is 0 Å². The van der Waals surface area contributed by atoms with E-state index in [2.05, 4.69) is 57.7 Å². The van der Waals surface area contributed by atoms with Crippen LogP contribution in [0.5, 0.6) is 5.75 Å². The molecule has 0 saturated carbocycles. The van der Waals surface area contributed by atoms with Gasteiger partial charge in [0.05, 0.1) is 12.3 Å². The molecular weight excluding hydrogens is 382 g/mol. The molecule has 0 atom stereocenters. The maximum Gasteiger partial charge on any atom is 0.180 e. The second-order valence-corrected chi connectivity index (χ2v) is 8.40. The van der Waals surface area contributed by atoms with Gasteiger partial charge in [-0.1, -0.05) is 42.5 Å². The number of nitrogens with zero attached hydrogens (tertiary/aromatic N) is 2. The van der Waals surface area contributed by atoms with Crippen LogP contribution in [0.1, 0.15) is 29.7 Å². The van der Waals surface area contributed by atoms with Crippen molar-refractivity contribution >= 4 is 16.5 Å². The highest BCUT2D eigenvalue weighted by Crippen LogP contribution is 2.42. The first-order chi connectivity index (χ1) is 14.2. The number of aromatic nitrogens is 1. The molecule has 0 aliphatic carbocycles. The summed E-state index contributed by atoms with van der Waals surface area (Å²) in [4.78, 5) is 7.16. The van der Waals surface area contributed by atoms with Crippen molar-refractivity contribution in [3.8, 4) is 5.75 Å². The van der Waals surface area contributed by atoms with E-state index in [1.165, 1.54) is 22.5 Å². The van der Waals surface area contributed by atoms with Gasteiger partial charge < -0.3 is 15.6 Å². The normalized spacial score (nSPS) is 16.6. The third-order valence-corrected chi connectivity index (χ3v) is 6.39. The van der Waals surface area contributed by atoms with Gasteiger partial charge in [0.2, 0.25) is 0 Å². The third kappa shape index (κ3) is 4.45. The lowest BCUT2D eigenvalue weighted by atomic mass is 9.70. The van der Waals surface area contributed by atoms with E-state index in [-0.39, 0.29) is 12.0 Å². The summed E-state index contributed by atoms with van der Waals surface area (Å²) < 4.78 is 5.55. The molecule has 1 aliphatic rings. The summed E-state index contributed by atoms with van der Waals surface area (Å²) in [5.41, 5.74) is 9.55. The smallest absolute Gasteiger partial charge is 0.180 e. The third-order valence-electron chi connectivity index (χ3n) is 5.71. The number of likely N-dealkylation sites (tertiary alicyclic amines) is 1. The lowest BCUT2D eigenvalue weighted by Gasteiger charge is -2.41. The molecule has 0 amide bonds. The van der Waals surface area contributed by atoms with E-state index in [1.54, 1.807) is 0 Å². The molecule has 3 aromatic rings. The van der Waals surface area contributed by atoms with Crippen LogP contribution in [0.2, 0.25) is 0 Å². The highest BCUT2D eigenvalue weighted by molar-refractivity contribution is 7.13. The van der Waals surface area contributed by atoms with Gasteiger partial charge in [-0.25, -0.2) is 4.98 Å². The average Bonchev–Trinajstić information content (AvgIpc) is 3.21. The minimum absolute atomic E-state index is 0.0268. The molecule has 0 unspecified atom stereocenters. The lowest BCUT2D eigenvalue weighted by molar-refractivity contribution is 0.170. The first kappa shape index (κ1) is 19.9. The predicted octanol–water partition coefficient (Wildman–Crippen LogP) is 3.68. The number of benzene rings is 2. The van der Waals surface area contributed by atoms with Gasteiger partial charge in [0, 0.05) is 17.3 Å². The number of piperidine rings is 1. The maximum absolute atomic E-state index is 8.95. The second kappa shape index (κ2) is 8.95. The number of nitrogens with two attached hydrogens (primary N) is 1. The van der Waals surface area contributed by atoms with Crippen LogP contribution >= 0.6 is 11.3 Å². The van der Waals surface area contributed by atoms with Crippen molar-refractivity contribution in [1.82, 2.24) is 9.88 Å². The summed E-state index contributed by atoms with van der Waals surface area (Å²) in [5.74, 6) is 0.810. The molecule has 1 saturated heterocycles.